The van der Waals surface area contributed by atoms with E-state index in [2.05, 4.69) is 16.8 Å². The lowest BCUT2D eigenvalue weighted by Crippen LogP contribution is -2.21. The summed E-state index contributed by atoms with van der Waals surface area (Å²) in [6.07, 6.45) is 7.46. The maximum atomic E-state index is 9.29. The fraction of sp³-hybridized carbons (Fsp3) is 0.615. The Morgan fingerprint density at radius 2 is 2.44 bits per heavy atom. The van der Waals surface area contributed by atoms with Gasteiger partial charge >= 0.3 is 0 Å². The lowest BCUT2D eigenvalue weighted by molar-refractivity contribution is 0.282. The van der Waals surface area contributed by atoms with E-state index in [1.165, 1.54) is 19.3 Å². The summed E-state index contributed by atoms with van der Waals surface area (Å²) in [6, 6.07) is 1.91. The van der Waals surface area contributed by atoms with Crippen LogP contribution in [0.4, 0.5) is 5.69 Å². The first kappa shape index (κ1) is 11.4. The molecule has 3 nitrogen and oxygen atoms in total. The minimum atomic E-state index is 0.104. The third-order valence-corrected chi connectivity index (χ3v) is 3.38. The number of aliphatic hydroxyl groups is 1. The van der Waals surface area contributed by atoms with Crippen LogP contribution in [-0.2, 0) is 6.61 Å². The average molecular weight is 220 g/mol. The third-order valence-electron chi connectivity index (χ3n) is 3.38. The highest BCUT2D eigenvalue weighted by atomic mass is 16.3. The van der Waals surface area contributed by atoms with E-state index in [1.807, 2.05) is 12.3 Å². The molecule has 0 saturated carbocycles. The topological polar surface area (TPSA) is 36.4 Å². The van der Waals surface area contributed by atoms with Crippen molar-refractivity contribution in [2.24, 2.45) is 5.92 Å². The molecule has 2 rings (SSSR count). The zero-order chi connectivity index (χ0) is 11.4. The average Bonchev–Trinajstić information content (AvgIpc) is 2.78. The third kappa shape index (κ3) is 2.35. The van der Waals surface area contributed by atoms with Gasteiger partial charge < -0.3 is 10.0 Å². The number of anilines is 1. The molecule has 0 spiro atoms. The van der Waals surface area contributed by atoms with Crippen LogP contribution in [0.25, 0.3) is 0 Å². The van der Waals surface area contributed by atoms with Gasteiger partial charge in [0.1, 0.15) is 0 Å². The Balaban J connectivity index is 2.08. The predicted octanol–water partition coefficient (Wildman–Crippen LogP) is 2.20. The van der Waals surface area contributed by atoms with E-state index in [9.17, 15) is 5.11 Å². The van der Waals surface area contributed by atoms with Gasteiger partial charge in [-0.15, -0.1) is 0 Å². The van der Waals surface area contributed by atoms with Crippen molar-refractivity contribution in [3.8, 4) is 0 Å². The lowest BCUT2D eigenvalue weighted by atomic mass is 10.0. The molecule has 0 amide bonds. The molecule has 1 aromatic heterocycles. The van der Waals surface area contributed by atoms with Crippen molar-refractivity contribution in [2.75, 3.05) is 18.0 Å². The first-order valence-corrected chi connectivity index (χ1v) is 6.13. The summed E-state index contributed by atoms with van der Waals surface area (Å²) in [4.78, 5) is 6.52. The van der Waals surface area contributed by atoms with Gasteiger partial charge in [-0.1, -0.05) is 13.3 Å². The standard InChI is InChI=1S/C13H20N2O/c1-2-3-11-5-7-15(9-11)13-8-14-6-4-12(13)10-16/h4,6,8,11,16H,2-3,5,7,9-10H2,1H3. The van der Waals surface area contributed by atoms with Crippen LogP contribution < -0.4 is 4.90 Å². The van der Waals surface area contributed by atoms with Gasteiger partial charge in [-0.2, -0.15) is 0 Å². The molecular weight excluding hydrogens is 200 g/mol. The number of pyridine rings is 1. The molecule has 1 saturated heterocycles. The lowest BCUT2D eigenvalue weighted by Gasteiger charge is -2.20. The minimum absolute atomic E-state index is 0.104. The number of hydrogen-bond acceptors (Lipinski definition) is 3. The summed E-state index contributed by atoms with van der Waals surface area (Å²) in [5.41, 5.74) is 2.11. The Labute approximate surface area is 97.1 Å². The van der Waals surface area contributed by atoms with Gasteiger partial charge in [0.15, 0.2) is 0 Å². The second-order valence-corrected chi connectivity index (χ2v) is 4.55. The predicted molar refractivity (Wildman–Crippen MR) is 65.4 cm³/mol. The minimum Gasteiger partial charge on any atom is -0.392 e. The smallest absolute Gasteiger partial charge is 0.0703 e. The van der Waals surface area contributed by atoms with E-state index in [1.54, 1.807) is 6.20 Å². The zero-order valence-corrected chi connectivity index (χ0v) is 9.89. The molecule has 1 aromatic rings. The normalized spacial score (nSPS) is 20.4. The van der Waals surface area contributed by atoms with Crippen LogP contribution in [-0.4, -0.2) is 23.2 Å². The van der Waals surface area contributed by atoms with Crippen molar-refractivity contribution in [1.82, 2.24) is 4.98 Å². The second-order valence-electron chi connectivity index (χ2n) is 4.55. The zero-order valence-electron chi connectivity index (χ0n) is 9.89. The first-order valence-electron chi connectivity index (χ1n) is 6.13. The summed E-state index contributed by atoms with van der Waals surface area (Å²) >= 11 is 0. The van der Waals surface area contributed by atoms with Crippen LogP contribution in [0.1, 0.15) is 31.7 Å². The van der Waals surface area contributed by atoms with Gasteiger partial charge in [0.25, 0.3) is 0 Å². The SMILES string of the molecule is CCCC1CCN(c2cnccc2CO)C1. The van der Waals surface area contributed by atoms with Crippen LogP contribution in [0.2, 0.25) is 0 Å². The van der Waals surface area contributed by atoms with Crippen molar-refractivity contribution in [1.29, 1.82) is 0 Å². The molecule has 88 valence electrons. The highest BCUT2D eigenvalue weighted by molar-refractivity contribution is 5.52. The summed E-state index contributed by atoms with van der Waals surface area (Å²) < 4.78 is 0. The maximum absolute atomic E-state index is 9.29. The van der Waals surface area contributed by atoms with Gasteiger partial charge in [-0.25, -0.2) is 0 Å². The number of rotatable bonds is 4. The molecular formula is C13H20N2O. The largest absolute Gasteiger partial charge is 0.392 e. The van der Waals surface area contributed by atoms with Crippen LogP contribution in [0.5, 0.6) is 0 Å². The van der Waals surface area contributed by atoms with Gasteiger partial charge in [0.05, 0.1) is 18.5 Å². The van der Waals surface area contributed by atoms with Crippen molar-refractivity contribution < 1.29 is 5.11 Å². The van der Waals surface area contributed by atoms with Crippen LogP contribution in [0.15, 0.2) is 18.5 Å². The van der Waals surface area contributed by atoms with Gasteiger partial charge in [-0.3, -0.25) is 4.98 Å². The van der Waals surface area contributed by atoms with Crippen molar-refractivity contribution in [3.05, 3.63) is 24.0 Å². The number of aliphatic hydroxyl groups excluding tert-OH is 1. The second kappa shape index (κ2) is 5.30. The first-order chi connectivity index (χ1) is 7.85. The van der Waals surface area contributed by atoms with Gasteiger partial charge in [0, 0.05) is 24.8 Å². The molecule has 1 N–H and O–H groups in total. The fourth-order valence-corrected chi connectivity index (χ4v) is 2.53. The molecule has 0 aliphatic carbocycles. The molecule has 1 aliphatic rings. The van der Waals surface area contributed by atoms with Crippen molar-refractivity contribution in [2.45, 2.75) is 32.8 Å². The van der Waals surface area contributed by atoms with E-state index in [-0.39, 0.29) is 6.61 Å². The van der Waals surface area contributed by atoms with E-state index < -0.39 is 0 Å². The molecule has 1 atom stereocenters. The van der Waals surface area contributed by atoms with Crippen molar-refractivity contribution in [3.63, 3.8) is 0 Å². The molecule has 1 unspecified atom stereocenters. The van der Waals surface area contributed by atoms with Gasteiger partial charge in [0.2, 0.25) is 0 Å². The highest BCUT2D eigenvalue weighted by Crippen LogP contribution is 2.28. The van der Waals surface area contributed by atoms with Crippen LogP contribution in [0.3, 0.4) is 0 Å². The quantitative estimate of drug-likeness (QED) is 0.845. The van der Waals surface area contributed by atoms with E-state index in [4.69, 9.17) is 0 Å². The van der Waals surface area contributed by atoms with Crippen LogP contribution in [0, 0.1) is 5.92 Å². The number of aromatic nitrogens is 1. The molecule has 3 heteroatoms. The van der Waals surface area contributed by atoms with E-state index >= 15 is 0 Å². The Kier molecular flexibility index (Phi) is 3.78. The summed E-state index contributed by atoms with van der Waals surface area (Å²) in [5.74, 6) is 0.816. The molecule has 0 aromatic carbocycles. The Hall–Kier alpha value is -1.09. The molecule has 0 bridgehead atoms. The Morgan fingerprint density at radius 1 is 1.56 bits per heavy atom. The monoisotopic (exact) mass is 220 g/mol. The molecule has 16 heavy (non-hydrogen) atoms. The van der Waals surface area contributed by atoms with E-state index in [0.717, 1.165) is 30.3 Å². The fourth-order valence-electron chi connectivity index (χ4n) is 2.53. The maximum Gasteiger partial charge on any atom is 0.0703 e. The summed E-state index contributed by atoms with van der Waals surface area (Å²) in [5, 5.41) is 9.29. The molecule has 1 fully saturated rings. The number of hydrogen-bond donors (Lipinski definition) is 1. The Bertz CT molecular complexity index is 340. The molecule has 0 radical (unpaired) electrons. The summed E-state index contributed by atoms with van der Waals surface area (Å²) in [6.45, 7) is 4.56. The molecule has 2 heterocycles. The summed E-state index contributed by atoms with van der Waals surface area (Å²) in [7, 11) is 0. The van der Waals surface area contributed by atoms with E-state index in [0.29, 0.717) is 0 Å². The molecule has 1 aliphatic heterocycles. The van der Waals surface area contributed by atoms with Crippen LogP contribution >= 0.6 is 0 Å². The Morgan fingerprint density at radius 3 is 3.19 bits per heavy atom. The highest BCUT2D eigenvalue weighted by Gasteiger charge is 2.23. The number of nitrogens with zero attached hydrogens (tertiary/aromatic N) is 2. The van der Waals surface area contributed by atoms with Gasteiger partial charge in [-0.05, 0) is 24.8 Å². The van der Waals surface area contributed by atoms with Crippen molar-refractivity contribution >= 4 is 5.69 Å².